The first-order chi connectivity index (χ1) is 13.5. The van der Waals surface area contributed by atoms with Crippen LogP contribution in [0, 0.1) is 11.8 Å². The molecule has 1 aliphatic carbocycles. The van der Waals surface area contributed by atoms with E-state index in [9.17, 15) is 14.4 Å². The van der Waals surface area contributed by atoms with Gasteiger partial charge in [0, 0.05) is 13.0 Å². The minimum absolute atomic E-state index is 0.0853. The van der Waals surface area contributed by atoms with Crippen LogP contribution in [0.25, 0.3) is 0 Å². The normalized spacial score (nSPS) is 22.0. The van der Waals surface area contributed by atoms with E-state index in [1.807, 2.05) is 31.2 Å². The number of hydrogen-bond donors (Lipinski definition) is 1. The van der Waals surface area contributed by atoms with Gasteiger partial charge in [-0.3, -0.25) is 19.3 Å². The van der Waals surface area contributed by atoms with Gasteiger partial charge in [0.25, 0.3) is 0 Å². The molecule has 1 fully saturated rings. The Labute approximate surface area is 164 Å². The van der Waals surface area contributed by atoms with E-state index < -0.39 is 0 Å². The minimum atomic E-state index is -0.258. The largest absolute Gasteiger partial charge is 0.493 e. The Hall–Kier alpha value is -2.83. The van der Waals surface area contributed by atoms with Crippen molar-refractivity contribution in [1.82, 2.24) is 10.2 Å². The molecule has 3 atom stereocenters. The van der Waals surface area contributed by atoms with Crippen LogP contribution in [-0.4, -0.2) is 43.4 Å². The van der Waals surface area contributed by atoms with Gasteiger partial charge >= 0.3 is 0 Å². The minimum Gasteiger partial charge on any atom is -0.493 e. The molecule has 0 radical (unpaired) electrons. The van der Waals surface area contributed by atoms with Gasteiger partial charge in [-0.1, -0.05) is 18.2 Å². The number of carbonyl (C=O) groups is 3. The number of rotatable bonds is 7. The molecule has 1 saturated heterocycles. The van der Waals surface area contributed by atoms with Crippen molar-refractivity contribution in [1.29, 1.82) is 0 Å². The molecule has 1 aromatic rings. The topological polar surface area (TPSA) is 84.9 Å². The summed E-state index contributed by atoms with van der Waals surface area (Å²) in [6, 6.07) is 5.21. The van der Waals surface area contributed by atoms with Gasteiger partial charge in [-0.15, -0.1) is 0 Å². The van der Waals surface area contributed by atoms with Gasteiger partial charge in [-0.2, -0.15) is 0 Å². The number of ether oxygens (including phenoxy) is 2. The summed E-state index contributed by atoms with van der Waals surface area (Å²) in [5.74, 6) is 0.172. The lowest BCUT2D eigenvalue weighted by Gasteiger charge is -2.18. The number of nitrogens with zero attached hydrogens (tertiary/aromatic N) is 1. The first kappa shape index (κ1) is 19.9. The van der Waals surface area contributed by atoms with E-state index in [2.05, 4.69) is 5.32 Å². The molecule has 28 heavy (non-hydrogen) atoms. The number of allylic oxidation sites excluding steroid dienone is 2. The van der Waals surface area contributed by atoms with Crippen LogP contribution in [0.2, 0.25) is 0 Å². The lowest BCUT2D eigenvalue weighted by Crippen LogP contribution is -2.36. The third-order valence-corrected chi connectivity index (χ3v) is 5.45. The summed E-state index contributed by atoms with van der Waals surface area (Å²) in [5.41, 5.74) is 0.872. The Morgan fingerprint density at radius 1 is 1.11 bits per heavy atom. The predicted molar refractivity (Wildman–Crippen MR) is 103 cm³/mol. The van der Waals surface area contributed by atoms with E-state index in [1.54, 1.807) is 20.3 Å². The van der Waals surface area contributed by atoms with Gasteiger partial charge in [0.1, 0.15) is 0 Å². The highest BCUT2D eigenvalue weighted by Crippen LogP contribution is 2.35. The van der Waals surface area contributed by atoms with E-state index >= 15 is 0 Å². The molecule has 0 aromatic heterocycles. The molecule has 1 aromatic carbocycles. The molecule has 0 spiro atoms. The number of likely N-dealkylation sites (tertiary alicyclic amines) is 1. The monoisotopic (exact) mass is 386 g/mol. The molecular weight excluding hydrogens is 360 g/mol. The van der Waals surface area contributed by atoms with Crippen LogP contribution < -0.4 is 14.8 Å². The van der Waals surface area contributed by atoms with E-state index in [4.69, 9.17) is 9.47 Å². The summed E-state index contributed by atoms with van der Waals surface area (Å²) >= 11 is 0. The molecule has 2 aliphatic rings. The summed E-state index contributed by atoms with van der Waals surface area (Å²) in [7, 11) is 3.12. The van der Waals surface area contributed by atoms with Crippen LogP contribution in [0.1, 0.15) is 37.8 Å². The van der Waals surface area contributed by atoms with E-state index in [0.717, 1.165) is 5.56 Å². The number of fused-ring (bicyclic) bond motifs is 1. The first-order valence-electron chi connectivity index (χ1n) is 9.47. The van der Waals surface area contributed by atoms with E-state index in [0.29, 0.717) is 24.3 Å². The van der Waals surface area contributed by atoms with Crippen molar-refractivity contribution >= 4 is 17.7 Å². The molecule has 0 saturated carbocycles. The summed E-state index contributed by atoms with van der Waals surface area (Å²) in [6.45, 7) is 1.99. The Balaban J connectivity index is 1.56. The van der Waals surface area contributed by atoms with Crippen molar-refractivity contribution in [3.63, 3.8) is 0 Å². The average molecular weight is 386 g/mol. The standard InChI is InChI=1S/C21H26N2O5/c1-13(14-8-9-17(27-2)18(12-14)28-3)22-19(24)10-11-23-20(25)15-6-4-5-7-16(15)21(23)26/h4-5,8-9,12-13,15-16H,6-7,10-11H2,1-3H3,(H,22,24)/t13-,15-,16+/m0/s1. The second-order valence-electron chi connectivity index (χ2n) is 7.14. The summed E-state index contributed by atoms with van der Waals surface area (Å²) in [4.78, 5) is 38.5. The van der Waals surface area contributed by atoms with E-state index in [-0.39, 0.29) is 48.6 Å². The smallest absolute Gasteiger partial charge is 0.233 e. The van der Waals surface area contributed by atoms with Crippen LogP contribution in [0.4, 0.5) is 0 Å². The fourth-order valence-electron chi connectivity index (χ4n) is 3.82. The summed E-state index contributed by atoms with van der Waals surface area (Å²) in [5, 5.41) is 2.90. The zero-order chi connectivity index (χ0) is 20.3. The molecule has 0 bridgehead atoms. The van der Waals surface area contributed by atoms with Crippen LogP contribution in [0.3, 0.4) is 0 Å². The van der Waals surface area contributed by atoms with Crippen LogP contribution >= 0.6 is 0 Å². The number of amides is 3. The summed E-state index contributed by atoms with van der Waals surface area (Å²) < 4.78 is 10.5. The summed E-state index contributed by atoms with van der Waals surface area (Å²) in [6.07, 6.45) is 5.20. The van der Waals surface area contributed by atoms with Crippen LogP contribution in [0.5, 0.6) is 11.5 Å². The number of carbonyl (C=O) groups excluding carboxylic acids is 3. The Bertz CT molecular complexity index is 778. The first-order valence-corrected chi connectivity index (χ1v) is 9.47. The van der Waals surface area contributed by atoms with Crippen molar-refractivity contribution in [2.24, 2.45) is 11.8 Å². The van der Waals surface area contributed by atoms with Crippen molar-refractivity contribution < 1.29 is 23.9 Å². The van der Waals surface area contributed by atoms with Gasteiger partial charge in [0.05, 0.1) is 32.1 Å². The highest BCUT2D eigenvalue weighted by atomic mass is 16.5. The van der Waals surface area contributed by atoms with E-state index in [1.165, 1.54) is 4.90 Å². The molecule has 7 heteroatoms. The number of hydrogen-bond acceptors (Lipinski definition) is 5. The van der Waals surface area contributed by atoms with Crippen molar-refractivity contribution in [2.75, 3.05) is 20.8 Å². The number of nitrogens with one attached hydrogen (secondary N) is 1. The highest BCUT2D eigenvalue weighted by Gasteiger charge is 2.46. The Morgan fingerprint density at radius 3 is 2.29 bits per heavy atom. The van der Waals surface area contributed by atoms with Crippen LogP contribution in [0.15, 0.2) is 30.4 Å². The van der Waals surface area contributed by atoms with Crippen molar-refractivity contribution in [3.05, 3.63) is 35.9 Å². The number of methoxy groups -OCH3 is 2. The maximum absolute atomic E-state index is 12.5. The third kappa shape index (κ3) is 3.88. The molecule has 3 amide bonds. The van der Waals surface area contributed by atoms with Gasteiger partial charge in [0.15, 0.2) is 11.5 Å². The fourth-order valence-corrected chi connectivity index (χ4v) is 3.82. The molecule has 1 N–H and O–H groups in total. The Morgan fingerprint density at radius 2 is 1.71 bits per heavy atom. The molecular formula is C21H26N2O5. The van der Waals surface area contributed by atoms with Gasteiger partial charge in [0.2, 0.25) is 17.7 Å². The second-order valence-corrected chi connectivity index (χ2v) is 7.14. The second kappa shape index (κ2) is 8.46. The predicted octanol–water partition coefficient (Wildman–Crippen LogP) is 2.22. The molecule has 7 nitrogen and oxygen atoms in total. The lowest BCUT2D eigenvalue weighted by molar-refractivity contribution is -0.140. The number of benzene rings is 1. The lowest BCUT2D eigenvalue weighted by atomic mass is 9.85. The van der Waals surface area contributed by atoms with Gasteiger partial charge in [-0.25, -0.2) is 0 Å². The van der Waals surface area contributed by atoms with Gasteiger partial charge in [-0.05, 0) is 37.5 Å². The maximum Gasteiger partial charge on any atom is 0.233 e. The molecule has 3 rings (SSSR count). The van der Waals surface area contributed by atoms with Crippen molar-refractivity contribution in [2.45, 2.75) is 32.2 Å². The quantitative estimate of drug-likeness (QED) is 0.574. The fraction of sp³-hybridized carbons (Fsp3) is 0.476. The average Bonchev–Trinajstić information content (AvgIpc) is 2.96. The third-order valence-electron chi connectivity index (χ3n) is 5.45. The maximum atomic E-state index is 12.5. The Kier molecular flexibility index (Phi) is 6.02. The molecule has 1 heterocycles. The highest BCUT2D eigenvalue weighted by molar-refractivity contribution is 6.05. The molecule has 1 aliphatic heterocycles. The zero-order valence-electron chi connectivity index (χ0n) is 16.4. The van der Waals surface area contributed by atoms with Crippen LogP contribution in [-0.2, 0) is 14.4 Å². The number of imide groups is 1. The molecule has 0 unspecified atom stereocenters. The van der Waals surface area contributed by atoms with Gasteiger partial charge < -0.3 is 14.8 Å². The van der Waals surface area contributed by atoms with Crippen molar-refractivity contribution in [3.8, 4) is 11.5 Å². The molecule has 150 valence electrons. The SMILES string of the molecule is COc1ccc([C@H](C)NC(=O)CCN2C(=O)[C@H]3CC=CC[C@H]3C2=O)cc1OC. The zero-order valence-corrected chi connectivity index (χ0v) is 16.4.